The molecule has 1 unspecified atom stereocenters. The van der Waals surface area contributed by atoms with E-state index in [-0.39, 0.29) is 13.1 Å². The van der Waals surface area contributed by atoms with Crippen LogP contribution >= 0.6 is 12.6 Å². The van der Waals surface area contributed by atoms with Crippen LogP contribution in [0.25, 0.3) is 0 Å². The van der Waals surface area contributed by atoms with E-state index in [2.05, 4.69) is 35.5 Å². The molecule has 0 aliphatic heterocycles. The molecule has 9 nitrogen and oxygen atoms in total. The molecule has 0 aromatic heterocycles. The molecule has 254 valence electrons. The SMILES string of the molecule is COc1ccc(C)cc1.COc1cccc(CCNC(=O)C(NC(=O)C(S)Cc2ccccc2)C(=O)NCCc2cccc(OC)c2)c1. The Morgan fingerprint density at radius 3 is 1.56 bits per heavy atom. The Bertz CT molecular complexity index is 1520. The van der Waals surface area contributed by atoms with Crippen LogP contribution in [0, 0.1) is 6.92 Å². The highest BCUT2D eigenvalue weighted by atomic mass is 32.1. The summed E-state index contributed by atoms with van der Waals surface area (Å²) in [6, 6.07) is 31.0. The number of carbonyl (C=O) groups is 3. The van der Waals surface area contributed by atoms with Gasteiger partial charge in [0.05, 0.1) is 26.6 Å². The van der Waals surface area contributed by atoms with Crippen molar-refractivity contribution in [2.75, 3.05) is 34.4 Å². The number of ether oxygens (including phenoxy) is 3. The Morgan fingerprint density at radius 2 is 1.08 bits per heavy atom. The normalized spacial score (nSPS) is 11.0. The van der Waals surface area contributed by atoms with Gasteiger partial charge >= 0.3 is 0 Å². The van der Waals surface area contributed by atoms with E-state index in [1.165, 1.54) is 5.56 Å². The number of amides is 3. The van der Waals surface area contributed by atoms with Crippen molar-refractivity contribution in [3.63, 3.8) is 0 Å². The summed E-state index contributed by atoms with van der Waals surface area (Å²) >= 11 is 4.42. The van der Waals surface area contributed by atoms with Crippen molar-refractivity contribution >= 4 is 30.4 Å². The number of nitrogens with one attached hydrogen (secondary N) is 3. The van der Waals surface area contributed by atoms with Crippen LogP contribution in [0.5, 0.6) is 17.2 Å². The molecular formula is C38H45N3O6S. The smallest absolute Gasteiger partial charge is 0.252 e. The van der Waals surface area contributed by atoms with E-state index in [1.54, 1.807) is 21.3 Å². The second kappa shape index (κ2) is 20.3. The summed E-state index contributed by atoms with van der Waals surface area (Å²) in [6.07, 6.45) is 1.42. The maximum absolute atomic E-state index is 13.1. The first-order valence-electron chi connectivity index (χ1n) is 15.7. The van der Waals surface area contributed by atoms with Gasteiger partial charge in [0.2, 0.25) is 5.91 Å². The van der Waals surface area contributed by atoms with Crippen molar-refractivity contribution in [1.29, 1.82) is 0 Å². The van der Waals surface area contributed by atoms with Crippen LogP contribution < -0.4 is 30.2 Å². The standard InChI is InChI=1S/C30H35N3O5S.C8H10O/c1-37-24-12-6-10-22(18-24)14-16-31-29(35)27(33-28(34)26(39)20-21-8-4-3-5-9-21)30(36)32-17-15-23-11-7-13-25(19-23)38-2;1-7-3-5-8(9-2)6-4-7/h3-13,18-19,26-27,39H,14-17,20H2,1-2H3,(H,31,35)(H,32,36)(H,33,34);3-6H,1-2H3. The number of hydrogen-bond acceptors (Lipinski definition) is 7. The van der Waals surface area contributed by atoms with Gasteiger partial charge < -0.3 is 30.2 Å². The third kappa shape index (κ3) is 13.0. The third-order valence-corrected chi connectivity index (χ3v) is 7.75. The van der Waals surface area contributed by atoms with Crippen molar-refractivity contribution in [3.8, 4) is 17.2 Å². The Balaban J connectivity index is 0.000000598. The van der Waals surface area contributed by atoms with Crippen LogP contribution in [0.1, 0.15) is 22.3 Å². The van der Waals surface area contributed by atoms with Crippen LogP contribution in [0.4, 0.5) is 0 Å². The minimum atomic E-state index is -1.40. The Labute approximate surface area is 288 Å². The molecule has 1 atom stereocenters. The first-order valence-corrected chi connectivity index (χ1v) is 16.2. The van der Waals surface area contributed by atoms with Gasteiger partial charge in [-0.3, -0.25) is 14.4 Å². The summed E-state index contributed by atoms with van der Waals surface area (Å²) < 4.78 is 15.5. The molecule has 0 radical (unpaired) electrons. The topological polar surface area (TPSA) is 115 Å². The lowest BCUT2D eigenvalue weighted by molar-refractivity contribution is -0.136. The van der Waals surface area contributed by atoms with Crippen molar-refractivity contribution in [3.05, 3.63) is 125 Å². The van der Waals surface area contributed by atoms with E-state index in [1.807, 2.05) is 103 Å². The zero-order chi connectivity index (χ0) is 34.7. The number of rotatable bonds is 15. The first-order chi connectivity index (χ1) is 23.2. The predicted molar refractivity (Wildman–Crippen MR) is 192 cm³/mol. The van der Waals surface area contributed by atoms with Crippen molar-refractivity contribution in [1.82, 2.24) is 16.0 Å². The minimum absolute atomic E-state index is 0.282. The fourth-order valence-corrected chi connectivity index (χ4v) is 4.90. The summed E-state index contributed by atoms with van der Waals surface area (Å²) in [6.45, 7) is 2.62. The molecule has 0 heterocycles. The van der Waals surface area contributed by atoms with Crippen molar-refractivity contribution in [2.24, 2.45) is 0 Å². The van der Waals surface area contributed by atoms with Crippen LogP contribution in [0.15, 0.2) is 103 Å². The largest absolute Gasteiger partial charge is 0.497 e. The van der Waals surface area contributed by atoms with Crippen LogP contribution in [-0.2, 0) is 33.6 Å². The van der Waals surface area contributed by atoms with Gasteiger partial charge in [0.25, 0.3) is 11.8 Å². The molecule has 0 saturated heterocycles. The number of hydrogen-bond donors (Lipinski definition) is 4. The second-order valence-electron chi connectivity index (χ2n) is 10.9. The number of aryl methyl sites for hydroxylation is 1. The monoisotopic (exact) mass is 671 g/mol. The predicted octanol–water partition coefficient (Wildman–Crippen LogP) is 4.75. The van der Waals surface area contributed by atoms with Gasteiger partial charge in [0, 0.05) is 13.1 Å². The van der Waals surface area contributed by atoms with Gasteiger partial charge in [-0.1, -0.05) is 72.3 Å². The molecule has 0 fully saturated rings. The lowest BCUT2D eigenvalue weighted by Crippen LogP contribution is -2.57. The van der Waals surface area contributed by atoms with Gasteiger partial charge in [-0.25, -0.2) is 0 Å². The van der Waals surface area contributed by atoms with E-state index in [4.69, 9.17) is 14.2 Å². The Morgan fingerprint density at radius 1 is 0.604 bits per heavy atom. The fraction of sp³-hybridized carbons (Fsp3) is 0.289. The molecule has 0 bridgehead atoms. The van der Waals surface area contributed by atoms with Crippen LogP contribution in [-0.4, -0.2) is 63.4 Å². The van der Waals surface area contributed by atoms with Crippen molar-refractivity contribution in [2.45, 2.75) is 37.5 Å². The van der Waals surface area contributed by atoms with E-state index in [9.17, 15) is 14.4 Å². The summed E-state index contributed by atoms with van der Waals surface area (Å²) in [5.74, 6) is 0.671. The van der Waals surface area contributed by atoms with E-state index in [0.29, 0.717) is 19.3 Å². The average molecular weight is 672 g/mol. The molecule has 0 saturated carbocycles. The maximum atomic E-state index is 13.1. The highest BCUT2D eigenvalue weighted by Crippen LogP contribution is 2.14. The molecule has 3 N–H and O–H groups in total. The maximum Gasteiger partial charge on any atom is 0.252 e. The van der Waals surface area contributed by atoms with Gasteiger partial charge in [-0.05, 0) is 79.3 Å². The van der Waals surface area contributed by atoms with Gasteiger partial charge in [-0.15, -0.1) is 0 Å². The summed E-state index contributed by atoms with van der Waals surface area (Å²) in [5.41, 5.74) is 4.12. The van der Waals surface area contributed by atoms with E-state index >= 15 is 0 Å². The second-order valence-corrected chi connectivity index (χ2v) is 11.6. The summed E-state index contributed by atoms with van der Waals surface area (Å²) in [4.78, 5) is 39.1. The molecule has 0 aliphatic carbocycles. The Hall–Kier alpha value is -4.96. The number of thiol groups is 1. The fourth-order valence-electron chi connectivity index (χ4n) is 4.61. The van der Waals surface area contributed by atoms with E-state index in [0.717, 1.165) is 33.9 Å². The van der Waals surface area contributed by atoms with Crippen LogP contribution in [0.2, 0.25) is 0 Å². The molecule has 4 rings (SSSR count). The summed E-state index contributed by atoms with van der Waals surface area (Å²) in [5, 5.41) is 7.40. The molecular weight excluding hydrogens is 627 g/mol. The average Bonchev–Trinajstić information content (AvgIpc) is 3.11. The number of methoxy groups -OCH3 is 3. The van der Waals surface area contributed by atoms with Crippen molar-refractivity contribution < 1.29 is 28.6 Å². The Kier molecular flexibility index (Phi) is 15.9. The van der Waals surface area contributed by atoms with Crippen LogP contribution in [0.3, 0.4) is 0 Å². The molecule has 4 aromatic rings. The lowest BCUT2D eigenvalue weighted by atomic mass is 10.1. The molecule has 0 spiro atoms. The quantitative estimate of drug-likeness (QED) is 0.107. The molecule has 3 amide bonds. The summed E-state index contributed by atoms with van der Waals surface area (Å²) in [7, 11) is 4.85. The lowest BCUT2D eigenvalue weighted by Gasteiger charge is -2.20. The zero-order valence-electron chi connectivity index (χ0n) is 27.9. The molecule has 0 aliphatic rings. The molecule has 10 heteroatoms. The highest BCUT2D eigenvalue weighted by molar-refractivity contribution is 7.81. The highest BCUT2D eigenvalue weighted by Gasteiger charge is 2.30. The third-order valence-electron chi connectivity index (χ3n) is 7.34. The molecule has 4 aromatic carbocycles. The van der Waals surface area contributed by atoms with Gasteiger partial charge in [0.15, 0.2) is 6.04 Å². The number of benzene rings is 4. The zero-order valence-corrected chi connectivity index (χ0v) is 28.8. The van der Waals surface area contributed by atoms with Gasteiger partial charge in [0.1, 0.15) is 17.2 Å². The first kappa shape index (κ1) is 37.5. The van der Waals surface area contributed by atoms with Gasteiger partial charge in [-0.2, -0.15) is 12.6 Å². The minimum Gasteiger partial charge on any atom is -0.497 e. The van der Waals surface area contributed by atoms with E-state index < -0.39 is 29.0 Å². The molecule has 48 heavy (non-hydrogen) atoms. The number of carbonyl (C=O) groups excluding carboxylic acids is 3.